The third kappa shape index (κ3) is 5.05. The maximum absolute atomic E-state index is 13.6. The summed E-state index contributed by atoms with van der Waals surface area (Å²) in [5, 5.41) is 8.21. The number of hydrogen-bond acceptors (Lipinski definition) is 7. The first-order valence-corrected chi connectivity index (χ1v) is 15.8. The number of nitrogens with one attached hydrogen (secondary N) is 2. The summed E-state index contributed by atoms with van der Waals surface area (Å²) in [6.07, 6.45) is 6.08. The first-order chi connectivity index (χ1) is 21.9. The first-order valence-electron chi connectivity index (χ1n) is 15.8. The van der Waals surface area contributed by atoms with Gasteiger partial charge in [-0.25, -0.2) is 0 Å². The number of fused-ring (bicyclic) bond motifs is 4. The van der Waals surface area contributed by atoms with Crippen molar-refractivity contribution in [3.05, 3.63) is 108 Å². The van der Waals surface area contributed by atoms with E-state index in [1.807, 2.05) is 36.1 Å². The number of nitrogens with zero attached hydrogens (tertiary/aromatic N) is 5. The van der Waals surface area contributed by atoms with Crippen LogP contribution in [0.3, 0.4) is 0 Å². The van der Waals surface area contributed by atoms with Gasteiger partial charge in [0.1, 0.15) is 0 Å². The fraction of sp³-hybridized carbons (Fsp3) is 0.270. The molecule has 45 heavy (non-hydrogen) atoms. The maximum atomic E-state index is 13.6. The average Bonchev–Trinajstić information content (AvgIpc) is 3.44. The normalized spacial score (nSPS) is 19.3. The number of rotatable bonds is 6. The standard InChI is InChI=1S/C37H37N7O/c1-23-4-5-28(18-36(23)44-20-25-17-27(6-10-32(25)37(44)45)40-26-12-14-38-15-13-26)41-35-16-24(2)39-34-11-9-29(19-33(34)35)43-21-30-7-8-31(22-43)42(30)3/h4-6,9-19,30-31H,7-8,20-22H2,1-3H3,(H,38,40)(H,39,41)/t30-,31+. The Morgan fingerprint density at radius 3 is 2.36 bits per heavy atom. The zero-order valence-electron chi connectivity index (χ0n) is 25.9. The number of carbonyl (C=O) groups excluding carboxylic acids is 1. The van der Waals surface area contributed by atoms with Crippen molar-refractivity contribution in [3.63, 3.8) is 0 Å². The van der Waals surface area contributed by atoms with Gasteiger partial charge in [0, 0.05) is 88.3 Å². The number of aromatic nitrogens is 2. The van der Waals surface area contributed by atoms with E-state index in [4.69, 9.17) is 4.98 Å². The molecule has 3 aliphatic rings. The Hall–Kier alpha value is -4.95. The van der Waals surface area contributed by atoms with Gasteiger partial charge >= 0.3 is 0 Å². The second-order valence-electron chi connectivity index (χ2n) is 12.7. The predicted octanol–water partition coefficient (Wildman–Crippen LogP) is 7.18. The smallest absolute Gasteiger partial charge is 0.258 e. The summed E-state index contributed by atoms with van der Waals surface area (Å²) in [5.74, 6) is 0.0247. The van der Waals surface area contributed by atoms with Gasteiger partial charge in [0.05, 0.1) is 12.1 Å². The summed E-state index contributed by atoms with van der Waals surface area (Å²) in [5.41, 5.74) is 10.8. The van der Waals surface area contributed by atoms with E-state index >= 15 is 0 Å². The number of benzene rings is 3. The Balaban J connectivity index is 1.07. The molecule has 1 amide bonds. The molecule has 0 aliphatic carbocycles. The Morgan fingerprint density at radius 1 is 0.800 bits per heavy atom. The molecule has 0 radical (unpaired) electrons. The topological polar surface area (TPSA) is 76.6 Å². The van der Waals surface area contributed by atoms with Gasteiger partial charge in [-0.15, -0.1) is 0 Å². The molecule has 2 N–H and O–H groups in total. The summed E-state index contributed by atoms with van der Waals surface area (Å²) in [4.78, 5) is 29.6. The van der Waals surface area contributed by atoms with Crippen molar-refractivity contribution in [1.82, 2.24) is 14.9 Å². The Bertz CT molecular complexity index is 1930. The number of amides is 1. The molecule has 8 rings (SSSR count). The van der Waals surface area contributed by atoms with Gasteiger partial charge < -0.3 is 20.4 Å². The number of piperazine rings is 1. The molecule has 0 spiro atoms. The zero-order valence-corrected chi connectivity index (χ0v) is 25.9. The van der Waals surface area contributed by atoms with Crippen LogP contribution < -0.4 is 20.4 Å². The molecule has 2 fully saturated rings. The van der Waals surface area contributed by atoms with E-state index in [1.54, 1.807) is 12.4 Å². The number of pyridine rings is 2. The Labute approximate surface area is 263 Å². The Morgan fingerprint density at radius 2 is 1.56 bits per heavy atom. The van der Waals surface area contributed by atoms with Crippen molar-refractivity contribution in [1.29, 1.82) is 0 Å². The summed E-state index contributed by atoms with van der Waals surface area (Å²) >= 11 is 0. The summed E-state index contributed by atoms with van der Waals surface area (Å²) in [7, 11) is 2.28. The second kappa shape index (κ2) is 10.9. The van der Waals surface area contributed by atoms with E-state index in [-0.39, 0.29) is 5.91 Å². The lowest BCUT2D eigenvalue weighted by atomic mass is 10.1. The van der Waals surface area contributed by atoms with Crippen LogP contribution in [0.4, 0.5) is 34.1 Å². The van der Waals surface area contributed by atoms with Crippen molar-refractivity contribution in [2.45, 2.75) is 45.3 Å². The quantitative estimate of drug-likeness (QED) is 0.215. The summed E-state index contributed by atoms with van der Waals surface area (Å²) in [6, 6.07) is 26.1. The van der Waals surface area contributed by atoms with Gasteiger partial charge in [0.25, 0.3) is 5.91 Å². The van der Waals surface area contributed by atoms with Gasteiger partial charge in [-0.3, -0.25) is 19.7 Å². The fourth-order valence-electron chi connectivity index (χ4n) is 7.30. The molecule has 2 bridgehead atoms. The van der Waals surface area contributed by atoms with Gasteiger partial charge in [-0.05, 0) is 112 Å². The Kier molecular flexibility index (Phi) is 6.68. The molecule has 226 valence electrons. The average molecular weight is 596 g/mol. The molecule has 3 aliphatic heterocycles. The van der Waals surface area contributed by atoms with Crippen LogP contribution in [-0.2, 0) is 6.54 Å². The van der Waals surface area contributed by atoms with E-state index in [1.165, 1.54) is 18.5 Å². The lowest BCUT2D eigenvalue weighted by molar-refractivity contribution is 0.0996. The van der Waals surface area contributed by atoms with Gasteiger partial charge in [-0.2, -0.15) is 0 Å². The molecular formula is C37H37N7O. The van der Waals surface area contributed by atoms with Crippen LogP contribution in [0.25, 0.3) is 10.9 Å². The van der Waals surface area contributed by atoms with Crippen molar-refractivity contribution in [3.8, 4) is 0 Å². The van der Waals surface area contributed by atoms with Crippen LogP contribution in [0.15, 0.2) is 85.2 Å². The van der Waals surface area contributed by atoms with E-state index in [2.05, 4.69) is 87.9 Å². The summed E-state index contributed by atoms with van der Waals surface area (Å²) < 4.78 is 0. The fourth-order valence-corrected chi connectivity index (χ4v) is 7.30. The van der Waals surface area contributed by atoms with E-state index < -0.39 is 0 Å². The second-order valence-corrected chi connectivity index (χ2v) is 12.7. The molecule has 8 heteroatoms. The van der Waals surface area contributed by atoms with E-state index in [0.29, 0.717) is 18.6 Å². The highest BCUT2D eigenvalue weighted by atomic mass is 16.2. The van der Waals surface area contributed by atoms with E-state index in [9.17, 15) is 4.79 Å². The highest BCUT2D eigenvalue weighted by Crippen LogP contribution is 2.37. The molecule has 5 aromatic rings. The molecule has 2 saturated heterocycles. The summed E-state index contributed by atoms with van der Waals surface area (Å²) in [6.45, 7) is 6.76. The highest BCUT2D eigenvalue weighted by Gasteiger charge is 2.37. The first kappa shape index (κ1) is 27.6. The minimum Gasteiger partial charge on any atom is -0.368 e. The van der Waals surface area contributed by atoms with Crippen molar-refractivity contribution >= 4 is 50.9 Å². The van der Waals surface area contributed by atoms with Gasteiger partial charge in [-0.1, -0.05) is 6.07 Å². The molecule has 2 aromatic heterocycles. The minimum absolute atomic E-state index is 0.0247. The molecule has 5 heterocycles. The van der Waals surface area contributed by atoms with Crippen molar-refractivity contribution in [2.75, 3.05) is 40.6 Å². The SMILES string of the molecule is Cc1cc(Nc2ccc(C)c(N3Cc4cc(Nc5ccncc5)ccc4C3=O)c2)c2cc(N3C[C@H]4CC[C@@H](C3)N4C)ccc2n1. The molecule has 0 saturated carbocycles. The number of hydrogen-bond donors (Lipinski definition) is 2. The molecule has 3 aromatic carbocycles. The third-order valence-corrected chi connectivity index (χ3v) is 9.79. The van der Waals surface area contributed by atoms with Gasteiger partial charge in [0.2, 0.25) is 0 Å². The maximum Gasteiger partial charge on any atom is 0.258 e. The van der Waals surface area contributed by atoms with Crippen molar-refractivity contribution in [2.24, 2.45) is 0 Å². The van der Waals surface area contributed by atoms with Gasteiger partial charge in [0.15, 0.2) is 0 Å². The predicted molar refractivity (Wildman–Crippen MR) is 182 cm³/mol. The lowest BCUT2D eigenvalue weighted by Crippen LogP contribution is -2.52. The van der Waals surface area contributed by atoms with Crippen LogP contribution in [0.1, 0.15) is 40.0 Å². The van der Waals surface area contributed by atoms with Crippen LogP contribution in [0, 0.1) is 13.8 Å². The number of aryl methyl sites for hydroxylation is 2. The van der Waals surface area contributed by atoms with Crippen LogP contribution in [0.2, 0.25) is 0 Å². The van der Waals surface area contributed by atoms with Crippen molar-refractivity contribution < 1.29 is 4.79 Å². The van der Waals surface area contributed by atoms with Crippen LogP contribution >= 0.6 is 0 Å². The molecule has 2 atom stereocenters. The molecule has 8 nitrogen and oxygen atoms in total. The monoisotopic (exact) mass is 595 g/mol. The number of carbonyl (C=O) groups is 1. The van der Waals surface area contributed by atoms with Crippen LogP contribution in [0.5, 0.6) is 0 Å². The number of anilines is 6. The number of likely N-dealkylation sites (N-methyl/N-ethyl adjacent to an activating group) is 1. The molecular weight excluding hydrogens is 558 g/mol. The largest absolute Gasteiger partial charge is 0.368 e. The van der Waals surface area contributed by atoms with E-state index in [0.717, 1.165) is 74.8 Å². The highest BCUT2D eigenvalue weighted by molar-refractivity contribution is 6.11. The minimum atomic E-state index is 0.0247. The zero-order chi connectivity index (χ0) is 30.7. The molecule has 0 unspecified atom stereocenters. The van der Waals surface area contributed by atoms with Crippen LogP contribution in [-0.4, -0.2) is 53.0 Å². The third-order valence-electron chi connectivity index (χ3n) is 9.79. The lowest BCUT2D eigenvalue weighted by Gasteiger charge is -2.40.